The molecule has 168 valence electrons. The van der Waals surface area contributed by atoms with E-state index in [1.165, 1.54) is 6.07 Å². The number of nitrogens with zero attached hydrogens (tertiary/aromatic N) is 3. The number of halogens is 1. The first-order chi connectivity index (χ1) is 15.6. The van der Waals surface area contributed by atoms with Gasteiger partial charge in [0, 0.05) is 45.7 Å². The molecule has 7 nitrogen and oxygen atoms in total. The van der Waals surface area contributed by atoms with Crippen molar-refractivity contribution in [2.45, 2.75) is 32.0 Å². The lowest BCUT2D eigenvalue weighted by Gasteiger charge is -2.37. The highest BCUT2D eigenvalue weighted by Gasteiger charge is 2.39. The molecule has 1 unspecified atom stereocenters. The Morgan fingerprint density at radius 3 is 2.56 bits per heavy atom. The molecule has 0 aromatic heterocycles. The summed E-state index contributed by atoms with van der Waals surface area (Å²) in [6.45, 7) is 3.92. The largest absolute Gasteiger partial charge is 0.454 e. The Morgan fingerprint density at radius 2 is 1.75 bits per heavy atom. The molecule has 32 heavy (non-hydrogen) atoms. The van der Waals surface area contributed by atoms with Crippen LogP contribution in [0.25, 0.3) is 0 Å². The highest BCUT2D eigenvalue weighted by molar-refractivity contribution is 5.91. The number of benzene rings is 2. The molecule has 1 atom stereocenters. The van der Waals surface area contributed by atoms with Gasteiger partial charge in [0.2, 0.25) is 18.6 Å². The van der Waals surface area contributed by atoms with Crippen LogP contribution < -0.4 is 9.47 Å². The highest BCUT2D eigenvalue weighted by atomic mass is 19.1. The Balaban J connectivity index is 1.19. The first kappa shape index (κ1) is 20.8. The van der Waals surface area contributed by atoms with Gasteiger partial charge in [-0.25, -0.2) is 4.39 Å². The quantitative estimate of drug-likeness (QED) is 0.716. The van der Waals surface area contributed by atoms with Gasteiger partial charge in [-0.1, -0.05) is 18.2 Å². The predicted octanol–water partition coefficient (Wildman–Crippen LogP) is 2.39. The molecule has 5 rings (SSSR count). The van der Waals surface area contributed by atoms with Crippen molar-refractivity contribution in [2.24, 2.45) is 0 Å². The van der Waals surface area contributed by atoms with E-state index in [1.54, 1.807) is 17.0 Å². The van der Waals surface area contributed by atoms with Crippen LogP contribution in [0.3, 0.4) is 0 Å². The zero-order valence-electron chi connectivity index (χ0n) is 17.8. The fourth-order valence-electron chi connectivity index (χ4n) is 4.66. The van der Waals surface area contributed by atoms with E-state index in [2.05, 4.69) is 4.90 Å². The van der Waals surface area contributed by atoms with Gasteiger partial charge in [-0.15, -0.1) is 0 Å². The van der Waals surface area contributed by atoms with Gasteiger partial charge in [0.15, 0.2) is 11.5 Å². The molecule has 2 aromatic rings. The summed E-state index contributed by atoms with van der Waals surface area (Å²) in [5.74, 6) is 1.16. The van der Waals surface area contributed by atoms with Crippen LogP contribution in [-0.4, -0.2) is 65.5 Å². The minimum atomic E-state index is -0.428. The standard InChI is InChI=1S/C24H26FN3O4/c25-19-3-1-2-17(12-19)14-26-8-10-27(11-9-26)24(30)20-5-7-23(29)28(20)15-18-4-6-21-22(13-18)32-16-31-21/h1-4,6,12-13,20H,5,7-11,14-16H2. The maximum Gasteiger partial charge on any atom is 0.245 e. The third kappa shape index (κ3) is 4.27. The number of rotatable bonds is 5. The number of carbonyl (C=O) groups is 2. The Kier molecular flexibility index (Phi) is 5.70. The molecule has 0 spiro atoms. The fraction of sp³-hybridized carbons (Fsp3) is 0.417. The molecule has 0 aliphatic carbocycles. The second kappa shape index (κ2) is 8.78. The Hall–Kier alpha value is -3.13. The van der Waals surface area contributed by atoms with Gasteiger partial charge >= 0.3 is 0 Å². The molecule has 3 aliphatic rings. The molecular weight excluding hydrogens is 413 g/mol. The Bertz CT molecular complexity index is 1020. The first-order valence-electron chi connectivity index (χ1n) is 11.0. The van der Waals surface area contributed by atoms with Crippen LogP contribution in [0.15, 0.2) is 42.5 Å². The molecule has 2 aromatic carbocycles. The summed E-state index contributed by atoms with van der Waals surface area (Å²) in [6.07, 6.45) is 0.937. The number of ether oxygens (including phenoxy) is 2. The summed E-state index contributed by atoms with van der Waals surface area (Å²) < 4.78 is 24.2. The van der Waals surface area contributed by atoms with Crippen LogP contribution in [0, 0.1) is 5.82 Å². The third-order valence-electron chi connectivity index (χ3n) is 6.38. The monoisotopic (exact) mass is 439 g/mol. The van der Waals surface area contributed by atoms with E-state index < -0.39 is 6.04 Å². The number of hydrogen-bond acceptors (Lipinski definition) is 5. The summed E-state index contributed by atoms with van der Waals surface area (Å²) in [4.78, 5) is 31.6. The summed E-state index contributed by atoms with van der Waals surface area (Å²) in [6, 6.07) is 11.8. The van der Waals surface area contributed by atoms with Crippen molar-refractivity contribution >= 4 is 11.8 Å². The van der Waals surface area contributed by atoms with Crippen molar-refractivity contribution in [1.29, 1.82) is 0 Å². The predicted molar refractivity (Wildman–Crippen MR) is 114 cm³/mol. The van der Waals surface area contributed by atoms with Gasteiger partial charge in [-0.05, 0) is 41.8 Å². The molecule has 8 heteroatoms. The Morgan fingerprint density at radius 1 is 0.969 bits per heavy atom. The van der Waals surface area contributed by atoms with Crippen molar-refractivity contribution in [3.63, 3.8) is 0 Å². The lowest BCUT2D eigenvalue weighted by atomic mass is 10.1. The van der Waals surface area contributed by atoms with Crippen molar-refractivity contribution in [3.05, 3.63) is 59.4 Å². The van der Waals surface area contributed by atoms with Crippen molar-refractivity contribution < 1.29 is 23.5 Å². The van der Waals surface area contributed by atoms with Gasteiger partial charge in [0.1, 0.15) is 11.9 Å². The second-order valence-electron chi connectivity index (χ2n) is 8.50. The zero-order chi connectivity index (χ0) is 22.1. The molecule has 0 radical (unpaired) electrons. The normalized spacial score (nSPS) is 20.8. The Labute approximate surface area is 186 Å². The van der Waals surface area contributed by atoms with E-state index >= 15 is 0 Å². The van der Waals surface area contributed by atoms with Gasteiger partial charge in [-0.3, -0.25) is 14.5 Å². The van der Waals surface area contributed by atoms with Gasteiger partial charge in [0.05, 0.1) is 0 Å². The van der Waals surface area contributed by atoms with Crippen molar-refractivity contribution in [2.75, 3.05) is 33.0 Å². The average Bonchev–Trinajstić information content (AvgIpc) is 3.40. The topological polar surface area (TPSA) is 62.3 Å². The van der Waals surface area contributed by atoms with E-state index in [0.29, 0.717) is 50.5 Å². The second-order valence-corrected chi connectivity index (χ2v) is 8.50. The van der Waals surface area contributed by atoms with Crippen LogP contribution in [-0.2, 0) is 22.7 Å². The van der Waals surface area contributed by atoms with E-state index in [4.69, 9.17) is 9.47 Å². The minimum absolute atomic E-state index is 0.00533. The lowest BCUT2D eigenvalue weighted by Crippen LogP contribution is -2.53. The lowest BCUT2D eigenvalue weighted by molar-refractivity contribution is -0.143. The van der Waals surface area contributed by atoms with Crippen LogP contribution in [0.5, 0.6) is 11.5 Å². The third-order valence-corrected chi connectivity index (χ3v) is 6.38. The number of fused-ring (bicyclic) bond motifs is 1. The maximum atomic E-state index is 13.4. The molecule has 0 bridgehead atoms. The van der Waals surface area contributed by atoms with Gasteiger partial charge in [-0.2, -0.15) is 0 Å². The molecular formula is C24H26FN3O4. The van der Waals surface area contributed by atoms with Crippen LogP contribution in [0.2, 0.25) is 0 Å². The van der Waals surface area contributed by atoms with Crippen LogP contribution >= 0.6 is 0 Å². The average molecular weight is 439 g/mol. The van der Waals surface area contributed by atoms with Crippen molar-refractivity contribution in [1.82, 2.24) is 14.7 Å². The van der Waals surface area contributed by atoms with Crippen LogP contribution in [0.1, 0.15) is 24.0 Å². The molecule has 2 saturated heterocycles. The van der Waals surface area contributed by atoms with E-state index in [0.717, 1.165) is 24.2 Å². The molecule has 3 aliphatic heterocycles. The molecule has 0 N–H and O–H groups in total. The van der Waals surface area contributed by atoms with E-state index in [9.17, 15) is 14.0 Å². The van der Waals surface area contributed by atoms with E-state index in [1.807, 2.05) is 29.2 Å². The SMILES string of the molecule is O=C(C1CCC(=O)N1Cc1ccc2c(c1)OCO2)N1CCN(Cc2cccc(F)c2)CC1. The smallest absolute Gasteiger partial charge is 0.245 e. The first-order valence-corrected chi connectivity index (χ1v) is 11.0. The maximum absolute atomic E-state index is 13.4. The summed E-state index contributed by atoms with van der Waals surface area (Å²) >= 11 is 0. The number of amides is 2. The van der Waals surface area contributed by atoms with Crippen LogP contribution in [0.4, 0.5) is 4.39 Å². The number of likely N-dealkylation sites (tertiary alicyclic amines) is 1. The summed E-state index contributed by atoms with van der Waals surface area (Å²) in [7, 11) is 0. The van der Waals surface area contributed by atoms with Gasteiger partial charge in [0.25, 0.3) is 0 Å². The zero-order valence-corrected chi connectivity index (χ0v) is 17.8. The number of hydrogen-bond donors (Lipinski definition) is 0. The molecule has 0 saturated carbocycles. The summed E-state index contributed by atoms with van der Waals surface area (Å²) in [5, 5.41) is 0. The fourth-order valence-corrected chi connectivity index (χ4v) is 4.66. The minimum Gasteiger partial charge on any atom is -0.454 e. The molecule has 2 amide bonds. The highest BCUT2D eigenvalue weighted by Crippen LogP contribution is 2.33. The van der Waals surface area contributed by atoms with Crippen molar-refractivity contribution in [3.8, 4) is 11.5 Å². The molecule has 2 fully saturated rings. The molecule has 3 heterocycles. The van der Waals surface area contributed by atoms with E-state index in [-0.39, 0.29) is 24.4 Å². The number of carbonyl (C=O) groups excluding carboxylic acids is 2. The summed E-state index contributed by atoms with van der Waals surface area (Å²) in [5.41, 5.74) is 1.85. The number of piperazine rings is 1. The van der Waals surface area contributed by atoms with Gasteiger partial charge < -0.3 is 19.3 Å².